The molecule has 18 heavy (non-hydrogen) atoms. The SMILES string of the molecule is O=C(NCCC1=CCCCC1)N[C@H](CO)C(=O)O. The summed E-state index contributed by atoms with van der Waals surface area (Å²) in [4.78, 5) is 21.9. The van der Waals surface area contributed by atoms with E-state index >= 15 is 0 Å². The number of allylic oxidation sites excluding steroid dienone is 1. The third kappa shape index (κ3) is 5.18. The van der Waals surface area contributed by atoms with Crippen molar-refractivity contribution < 1.29 is 19.8 Å². The van der Waals surface area contributed by atoms with E-state index in [0.29, 0.717) is 6.54 Å². The van der Waals surface area contributed by atoms with Crippen LogP contribution in [-0.2, 0) is 4.79 Å². The first-order valence-corrected chi connectivity index (χ1v) is 6.19. The number of aliphatic hydroxyl groups excluding tert-OH is 1. The quantitative estimate of drug-likeness (QED) is 0.524. The molecule has 1 aliphatic carbocycles. The molecule has 0 unspecified atom stereocenters. The van der Waals surface area contributed by atoms with E-state index in [2.05, 4.69) is 16.7 Å². The molecule has 4 N–H and O–H groups in total. The zero-order valence-electron chi connectivity index (χ0n) is 10.3. The Bertz CT molecular complexity index is 328. The van der Waals surface area contributed by atoms with E-state index in [1.807, 2.05) is 0 Å². The zero-order chi connectivity index (χ0) is 13.4. The molecule has 1 aliphatic rings. The Morgan fingerprint density at radius 1 is 1.39 bits per heavy atom. The number of aliphatic hydroxyl groups is 1. The fourth-order valence-corrected chi connectivity index (χ4v) is 1.86. The normalized spacial score (nSPS) is 16.6. The van der Waals surface area contributed by atoms with Crippen LogP contribution in [0.4, 0.5) is 4.79 Å². The molecule has 0 fully saturated rings. The number of nitrogens with one attached hydrogen (secondary N) is 2. The van der Waals surface area contributed by atoms with Gasteiger partial charge in [0.25, 0.3) is 0 Å². The lowest BCUT2D eigenvalue weighted by molar-refractivity contribution is -0.140. The van der Waals surface area contributed by atoms with E-state index in [1.54, 1.807) is 0 Å². The van der Waals surface area contributed by atoms with Gasteiger partial charge in [0.05, 0.1) is 6.61 Å². The van der Waals surface area contributed by atoms with E-state index in [0.717, 1.165) is 19.3 Å². The molecule has 0 aromatic rings. The van der Waals surface area contributed by atoms with Crippen LogP contribution in [0.1, 0.15) is 32.1 Å². The van der Waals surface area contributed by atoms with Crippen molar-refractivity contribution in [3.8, 4) is 0 Å². The van der Waals surface area contributed by atoms with E-state index in [4.69, 9.17) is 10.2 Å². The summed E-state index contributed by atoms with van der Waals surface area (Å²) in [6.45, 7) is -0.136. The Labute approximate surface area is 106 Å². The Kier molecular flexibility index (Phi) is 6.21. The average Bonchev–Trinajstić information content (AvgIpc) is 2.37. The summed E-state index contributed by atoms with van der Waals surface area (Å²) in [5.74, 6) is -1.25. The third-order valence-electron chi connectivity index (χ3n) is 2.90. The second-order valence-electron chi connectivity index (χ2n) is 4.33. The number of amides is 2. The van der Waals surface area contributed by atoms with Crippen molar-refractivity contribution in [2.45, 2.75) is 38.1 Å². The molecule has 1 atom stereocenters. The second-order valence-corrected chi connectivity index (χ2v) is 4.33. The summed E-state index contributed by atoms with van der Waals surface area (Å²) in [6, 6.07) is -1.81. The minimum Gasteiger partial charge on any atom is -0.480 e. The highest BCUT2D eigenvalue weighted by atomic mass is 16.4. The average molecular weight is 256 g/mol. The van der Waals surface area contributed by atoms with Gasteiger partial charge in [0.15, 0.2) is 6.04 Å². The van der Waals surface area contributed by atoms with Crippen LogP contribution in [0.25, 0.3) is 0 Å². The molecule has 0 aromatic carbocycles. The smallest absolute Gasteiger partial charge is 0.328 e. The molecule has 0 saturated heterocycles. The zero-order valence-corrected chi connectivity index (χ0v) is 10.3. The van der Waals surface area contributed by atoms with Gasteiger partial charge in [-0.25, -0.2) is 9.59 Å². The lowest BCUT2D eigenvalue weighted by Gasteiger charge is -2.15. The molecular formula is C12H20N2O4. The fourth-order valence-electron chi connectivity index (χ4n) is 1.86. The highest BCUT2D eigenvalue weighted by Crippen LogP contribution is 2.19. The van der Waals surface area contributed by atoms with Crippen LogP contribution in [0.5, 0.6) is 0 Å². The van der Waals surface area contributed by atoms with E-state index in [9.17, 15) is 9.59 Å². The largest absolute Gasteiger partial charge is 0.480 e. The van der Waals surface area contributed by atoms with Gasteiger partial charge >= 0.3 is 12.0 Å². The van der Waals surface area contributed by atoms with Crippen LogP contribution >= 0.6 is 0 Å². The van der Waals surface area contributed by atoms with Crippen molar-refractivity contribution >= 4 is 12.0 Å². The van der Waals surface area contributed by atoms with Gasteiger partial charge < -0.3 is 20.8 Å². The summed E-state index contributed by atoms with van der Waals surface area (Å²) in [7, 11) is 0. The number of aliphatic carboxylic acids is 1. The number of carbonyl (C=O) groups is 2. The molecule has 6 nitrogen and oxygen atoms in total. The predicted molar refractivity (Wildman–Crippen MR) is 66.2 cm³/mol. The van der Waals surface area contributed by atoms with Crippen molar-refractivity contribution in [1.82, 2.24) is 10.6 Å². The van der Waals surface area contributed by atoms with Gasteiger partial charge in [0, 0.05) is 6.54 Å². The molecule has 0 spiro atoms. The molecule has 0 bridgehead atoms. The van der Waals surface area contributed by atoms with Gasteiger partial charge in [0.2, 0.25) is 0 Å². The molecule has 0 saturated carbocycles. The maximum absolute atomic E-state index is 11.3. The number of rotatable bonds is 6. The van der Waals surface area contributed by atoms with E-state index < -0.39 is 24.6 Å². The Hall–Kier alpha value is -1.56. The topological polar surface area (TPSA) is 98.7 Å². The van der Waals surface area contributed by atoms with Gasteiger partial charge in [-0.3, -0.25) is 0 Å². The Morgan fingerprint density at radius 2 is 2.17 bits per heavy atom. The standard InChI is InChI=1S/C12H20N2O4/c15-8-10(11(16)17)14-12(18)13-7-6-9-4-2-1-3-5-9/h4,10,15H,1-3,5-8H2,(H,16,17)(H2,13,14,18)/t10-/m1/s1. The summed E-state index contributed by atoms with van der Waals surface area (Å²) < 4.78 is 0. The van der Waals surface area contributed by atoms with Crippen LogP contribution in [0.2, 0.25) is 0 Å². The lowest BCUT2D eigenvalue weighted by Crippen LogP contribution is -2.48. The lowest BCUT2D eigenvalue weighted by atomic mass is 9.97. The third-order valence-corrected chi connectivity index (χ3v) is 2.90. The maximum atomic E-state index is 11.3. The minimum atomic E-state index is -1.25. The van der Waals surface area contributed by atoms with Crippen molar-refractivity contribution in [2.24, 2.45) is 0 Å². The molecule has 2 amide bonds. The fraction of sp³-hybridized carbons (Fsp3) is 0.667. The van der Waals surface area contributed by atoms with Crippen molar-refractivity contribution in [1.29, 1.82) is 0 Å². The number of urea groups is 1. The first kappa shape index (κ1) is 14.5. The maximum Gasteiger partial charge on any atom is 0.328 e. The summed E-state index contributed by atoms with van der Waals surface area (Å²) in [5.41, 5.74) is 1.35. The van der Waals surface area contributed by atoms with Crippen LogP contribution in [0.3, 0.4) is 0 Å². The number of carboxylic acids is 1. The van der Waals surface area contributed by atoms with Crippen LogP contribution in [0.15, 0.2) is 11.6 Å². The number of carbonyl (C=O) groups excluding carboxylic acids is 1. The monoisotopic (exact) mass is 256 g/mol. The molecule has 1 rings (SSSR count). The first-order valence-electron chi connectivity index (χ1n) is 6.19. The molecular weight excluding hydrogens is 236 g/mol. The molecule has 0 radical (unpaired) electrons. The van der Waals surface area contributed by atoms with Gasteiger partial charge in [-0.15, -0.1) is 0 Å². The molecule has 0 heterocycles. The van der Waals surface area contributed by atoms with Gasteiger partial charge in [-0.05, 0) is 32.1 Å². The van der Waals surface area contributed by atoms with E-state index in [-0.39, 0.29) is 0 Å². The molecule has 0 aliphatic heterocycles. The van der Waals surface area contributed by atoms with Crippen LogP contribution < -0.4 is 10.6 Å². The van der Waals surface area contributed by atoms with Gasteiger partial charge in [-0.1, -0.05) is 11.6 Å². The number of hydrogen-bond acceptors (Lipinski definition) is 3. The highest BCUT2D eigenvalue weighted by molar-refractivity contribution is 5.82. The highest BCUT2D eigenvalue weighted by Gasteiger charge is 2.18. The van der Waals surface area contributed by atoms with Crippen molar-refractivity contribution in [3.05, 3.63) is 11.6 Å². The van der Waals surface area contributed by atoms with Gasteiger partial charge in [0.1, 0.15) is 0 Å². The van der Waals surface area contributed by atoms with E-state index in [1.165, 1.54) is 18.4 Å². The van der Waals surface area contributed by atoms with Crippen LogP contribution in [-0.4, -0.2) is 41.4 Å². The first-order chi connectivity index (χ1) is 8.63. The number of hydrogen-bond donors (Lipinski definition) is 4. The Balaban J connectivity index is 2.20. The number of carboxylic acid groups (broad SMARTS) is 1. The van der Waals surface area contributed by atoms with Crippen LogP contribution in [0, 0.1) is 0 Å². The predicted octanol–water partition coefficient (Wildman–Crippen LogP) is 0.622. The summed E-state index contributed by atoms with van der Waals surface area (Å²) in [6.07, 6.45) is 7.61. The molecule has 0 aromatic heterocycles. The molecule has 102 valence electrons. The summed E-state index contributed by atoms with van der Waals surface area (Å²) in [5, 5.41) is 22.2. The Morgan fingerprint density at radius 3 is 2.72 bits per heavy atom. The van der Waals surface area contributed by atoms with Crippen molar-refractivity contribution in [2.75, 3.05) is 13.2 Å². The van der Waals surface area contributed by atoms with Gasteiger partial charge in [-0.2, -0.15) is 0 Å². The second kappa shape index (κ2) is 7.71. The minimum absolute atomic E-state index is 0.482. The molecule has 6 heteroatoms. The van der Waals surface area contributed by atoms with Crippen molar-refractivity contribution in [3.63, 3.8) is 0 Å². The summed E-state index contributed by atoms with van der Waals surface area (Å²) >= 11 is 0.